The second kappa shape index (κ2) is 5.16. The van der Waals surface area contributed by atoms with Crippen molar-refractivity contribution in [2.75, 3.05) is 18.0 Å². The van der Waals surface area contributed by atoms with Crippen molar-refractivity contribution in [1.29, 1.82) is 0 Å². The number of hydrogen-bond acceptors (Lipinski definition) is 6. The van der Waals surface area contributed by atoms with Gasteiger partial charge in [0.2, 0.25) is 5.95 Å². The van der Waals surface area contributed by atoms with Crippen molar-refractivity contribution in [2.24, 2.45) is 5.73 Å². The van der Waals surface area contributed by atoms with E-state index in [1.165, 1.54) is 0 Å². The number of rotatable bonds is 2. The largest absolute Gasteiger partial charge is 0.339 e. The van der Waals surface area contributed by atoms with Crippen LogP contribution in [0, 0.1) is 13.8 Å². The van der Waals surface area contributed by atoms with E-state index in [4.69, 9.17) is 5.73 Å². The summed E-state index contributed by atoms with van der Waals surface area (Å²) in [4.78, 5) is 6.75. The van der Waals surface area contributed by atoms with Gasteiger partial charge in [-0.3, -0.25) is 5.10 Å². The first kappa shape index (κ1) is 13.0. The average Bonchev–Trinajstić information content (AvgIpc) is 2.92. The van der Waals surface area contributed by atoms with Crippen LogP contribution >= 0.6 is 0 Å². The number of anilines is 1. The molecule has 1 aliphatic heterocycles. The highest BCUT2D eigenvalue weighted by Crippen LogP contribution is 2.22. The van der Waals surface area contributed by atoms with Gasteiger partial charge in [-0.05, 0) is 32.8 Å². The van der Waals surface area contributed by atoms with Gasteiger partial charge in [-0.1, -0.05) is 0 Å². The van der Waals surface area contributed by atoms with Crippen LogP contribution in [0.5, 0.6) is 0 Å². The van der Waals surface area contributed by atoms with E-state index in [1.807, 2.05) is 19.9 Å². The number of aryl methyl sites for hydroxylation is 2. The Hall–Kier alpha value is -2.02. The minimum atomic E-state index is 0.305. The van der Waals surface area contributed by atoms with Gasteiger partial charge in [0.05, 0.1) is 11.4 Å². The van der Waals surface area contributed by atoms with E-state index in [-0.39, 0.29) is 0 Å². The molecule has 0 bridgehead atoms. The molecule has 0 aliphatic carbocycles. The first-order chi connectivity index (χ1) is 9.63. The van der Waals surface area contributed by atoms with Gasteiger partial charge in [-0.15, -0.1) is 5.10 Å². The van der Waals surface area contributed by atoms with Crippen LogP contribution in [-0.4, -0.2) is 44.5 Å². The summed E-state index contributed by atoms with van der Waals surface area (Å²) in [5.41, 5.74) is 8.58. The lowest BCUT2D eigenvalue weighted by molar-refractivity contribution is 0.496. The Morgan fingerprint density at radius 3 is 2.75 bits per heavy atom. The Morgan fingerprint density at radius 2 is 2.00 bits per heavy atom. The summed E-state index contributed by atoms with van der Waals surface area (Å²) in [5, 5.41) is 15.5. The topological polar surface area (TPSA) is 96.6 Å². The van der Waals surface area contributed by atoms with E-state index >= 15 is 0 Å². The maximum atomic E-state index is 5.92. The third-order valence-electron chi connectivity index (χ3n) is 3.65. The Balaban J connectivity index is 1.85. The monoisotopic (exact) mass is 273 g/mol. The molecule has 0 unspecified atom stereocenters. The number of nitrogens with zero attached hydrogens (tertiary/aromatic N) is 5. The minimum absolute atomic E-state index is 0.305. The molecule has 0 atom stereocenters. The molecule has 20 heavy (non-hydrogen) atoms. The summed E-state index contributed by atoms with van der Waals surface area (Å²) < 4.78 is 0. The summed E-state index contributed by atoms with van der Waals surface area (Å²) in [6, 6.07) is 2.28. The number of aromatic amines is 1. The standard InChI is InChI=1S/C13H19N7/c1-8-7-11(9(2)17-16-8)12-15-13(19-18-12)20-5-3-10(14)4-6-20/h7,10H,3-6,14H2,1-2H3,(H,15,18,19). The van der Waals surface area contributed by atoms with Gasteiger partial charge < -0.3 is 10.6 Å². The highest BCUT2D eigenvalue weighted by atomic mass is 15.4. The van der Waals surface area contributed by atoms with Gasteiger partial charge in [-0.25, -0.2) is 0 Å². The number of nitrogens with two attached hydrogens (primary N) is 1. The molecule has 3 heterocycles. The molecule has 1 saturated heterocycles. The van der Waals surface area contributed by atoms with Gasteiger partial charge in [0.25, 0.3) is 0 Å². The Kier molecular flexibility index (Phi) is 3.35. The lowest BCUT2D eigenvalue weighted by Gasteiger charge is -2.28. The van der Waals surface area contributed by atoms with Crippen molar-refractivity contribution < 1.29 is 0 Å². The summed E-state index contributed by atoms with van der Waals surface area (Å²) in [6.45, 7) is 5.65. The SMILES string of the molecule is Cc1cc(-c2nc(N3CCC(N)CC3)n[nH]2)c(C)nn1. The Labute approximate surface area is 117 Å². The highest BCUT2D eigenvalue weighted by molar-refractivity contribution is 5.59. The molecule has 0 amide bonds. The van der Waals surface area contributed by atoms with Crippen molar-refractivity contribution in [3.63, 3.8) is 0 Å². The smallest absolute Gasteiger partial charge is 0.245 e. The van der Waals surface area contributed by atoms with E-state index in [1.54, 1.807) is 0 Å². The predicted molar refractivity (Wildman–Crippen MR) is 76.3 cm³/mol. The van der Waals surface area contributed by atoms with E-state index in [2.05, 4.69) is 30.3 Å². The van der Waals surface area contributed by atoms with Crippen molar-refractivity contribution in [3.8, 4) is 11.4 Å². The van der Waals surface area contributed by atoms with Gasteiger partial charge in [0.15, 0.2) is 5.82 Å². The molecule has 0 aromatic carbocycles. The molecular weight excluding hydrogens is 254 g/mol. The van der Waals surface area contributed by atoms with Crippen molar-refractivity contribution >= 4 is 5.95 Å². The second-order valence-corrected chi connectivity index (χ2v) is 5.29. The molecule has 1 fully saturated rings. The van der Waals surface area contributed by atoms with E-state index in [0.717, 1.165) is 54.7 Å². The van der Waals surface area contributed by atoms with Gasteiger partial charge in [0, 0.05) is 24.7 Å². The summed E-state index contributed by atoms with van der Waals surface area (Å²) >= 11 is 0. The van der Waals surface area contributed by atoms with E-state index in [0.29, 0.717) is 6.04 Å². The van der Waals surface area contributed by atoms with Crippen LogP contribution in [0.15, 0.2) is 6.07 Å². The normalized spacial score (nSPS) is 16.6. The van der Waals surface area contributed by atoms with Crippen molar-refractivity contribution in [2.45, 2.75) is 32.7 Å². The molecule has 2 aromatic heterocycles. The van der Waals surface area contributed by atoms with Gasteiger partial charge in [-0.2, -0.15) is 15.2 Å². The summed E-state index contributed by atoms with van der Waals surface area (Å²) in [5.74, 6) is 1.48. The highest BCUT2D eigenvalue weighted by Gasteiger charge is 2.20. The van der Waals surface area contributed by atoms with E-state index < -0.39 is 0 Å². The fraction of sp³-hybridized carbons (Fsp3) is 0.538. The van der Waals surface area contributed by atoms with Crippen LogP contribution in [-0.2, 0) is 0 Å². The predicted octanol–water partition coefficient (Wildman–Crippen LogP) is 0.806. The van der Waals surface area contributed by atoms with Crippen molar-refractivity contribution in [3.05, 3.63) is 17.5 Å². The Morgan fingerprint density at radius 1 is 1.25 bits per heavy atom. The van der Waals surface area contributed by atoms with Crippen LogP contribution in [0.4, 0.5) is 5.95 Å². The summed E-state index contributed by atoms with van der Waals surface area (Å²) in [6.07, 6.45) is 1.97. The lowest BCUT2D eigenvalue weighted by Crippen LogP contribution is -2.40. The maximum Gasteiger partial charge on any atom is 0.245 e. The molecule has 0 spiro atoms. The first-order valence-corrected chi connectivity index (χ1v) is 6.87. The first-order valence-electron chi connectivity index (χ1n) is 6.87. The third kappa shape index (κ3) is 2.49. The Bertz CT molecular complexity index is 599. The molecule has 0 saturated carbocycles. The molecule has 106 valence electrons. The molecule has 1 aliphatic rings. The van der Waals surface area contributed by atoms with E-state index in [9.17, 15) is 0 Å². The number of hydrogen-bond donors (Lipinski definition) is 2. The zero-order valence-electron chi connectivity index (χ0n) is 11.8. The van der Waals surface area contributed by atoms with Crippen LogP contribution in [0.25, 0.3) is 11.4 Å². The molecule has 7 heteroatoms. The number of piperidine rings is 1. The molecule has 2 aromatic rings. The number of aromatic nitrogens is 5. The zero-order chi connectivity index (χ0) is 14.1. The number of H-pyrrole nitrogens is 1. The zero-order valence-corrected chi connectivity index (χ0v) is 11.8. The van der Waals surface area contributed by atoms with Crippen LogP contribution in [0.3, 0.4) is 0 Å². The molecular formula is C13H19N7. The average molecular weight is 273 g/mol. The second-order valence-electron chi connectivity index (χ2n) is 5.29. The third-order valence-corrected chi connectivity index (χ3v) is 3.65. The van der Waals surface area contributed by atoms with Crippen molar-refractivity contribution in [1.82, 2.24) is 25.4 Å². The molecule has 3 N–H and O–H groups in total. The van der Waals surface area contributed by atoms with Gasteiger partial charge in [0.1, 0.15) is 0 Å². The minimum Gasteiger partial charge on any atom is -0.339 e. The molecule has 3 rings (SSSR count). The number of nitrogens with one attached hydrogen (secondary N) is 1. The summed E-state index contributed by atoms with van der Waals surface area (Å²) in [7, 11) is 0. The van der Waals surface area contributed by atoms with Crippen LogP contribution in [0.1, 0.15) is 24.2 Å². The fourth-order valence-corrected chi connectivity index (χ4v) is 2.40. The quantitative estimate of drug-likeness (QED) is 0.840. The fourth-order valence-electron chi connectivity index (χ4n) is 2.40. The lowest BCUT2D eigenvalue weighted by atomic mass is 10.1. The van der Waals surface area contributed by atoms with Crippen LogP contribution < -0.4 is 10.6 Å². The maximum absolute atomic E-state index is 5.92. The molecule has 7 nitrogen and oxygen atoms in total. The molecule has 0 radical (unpaired) electrons. The van der Waals surface area contributed by atoms with Gasteiger partial charge >= 0.3 is 0 Å². The van der Waals surface area contributed by atoms with Crippen LogP contribution in [0.2, 0.25) is 0 Å².